The number of hydrogen-bond donors (Lipinski definition) is 1. The van der Waals surface area contributed by atoms with Crippen LogP contribution in [0.25, 0.3) is 0 Å². The molecular weight excluding hydrogens is 238 g/mol. The summed E-state index contributed by atoms with van der Waals surface area (Å²) in [6.07, 6.45) is 0. The summed E-state index contributed by atoms with van der Waals surface area (Å²) in [6.45, 7) is 0.498. The average Bonchev–Trinajstić information content (AvgIpc) is 2.53. The third kappa shape index (κ3) is 1.52. The highest BCUT2D eigenvalue weighted by Crippen LogP contribution is 2.33. The van der Waals surface area contributed by atoms with Crippen LogP contribution in [0.15, 0.2) is 40.0 Å². The molecule has 2 heterocycles. The minimum atomic E-state index is -0.0864. The van der Waals surface area contributed by atoms with E-state index >= 15 is 0 Å². The zero-order valence-corrected chi connectivity index (χ0v) is 9.95. The first-order valence-corrected chi connectivity index (χ1v) is 5.64. The van der Waals surface area contributed by atoms with Crippen molar-refractivity contribution < 1.29 is 4.79 Å². The minimum Gasteiger partial charge on any atom is -0.344 e. The fraction of sp³-hybridized carbons (Fsp3) is 0.167. The second-order valence-electron chi connectivity index (χ2n) is 4.06. The second-order valence-corrected chi connectivity index (χ2v) is 4.43. The van der Waals surface area contributed by atoms with Crippen molar-refractivity contribution >= 4 is 34.6 Å². The van der Waals surface area contributed by atoms with Crippen LogP contribution >= 0.6 is 11.6 Å². The van der Waals surface area contributed by atoms with E-state index in [9.17, 15) is 4.79 Å². The standard InChI is InChI=1S/C12H10ClN3O/c1-16-6-7-10(12(16)17)14-8-4-2-3-5-9(8)15-11(7)13/h2-5,15H,6H2,1H3. The number of amides is 1. The highest BCUT2D eigenvalue weighted by Gasteiger charge is 2.33. The first-order chi connectivity index (χ1) is 8.16. The van der Waals surface area contributed by atoms with E-state index in [2.05, 4.69) is 10.3 Å². The largest absolute Gasteiger partial charge is 0.344 e. The lowest BCUT2D eigenvalue weighted by Crippen LogP contribution is -2.22. The van der Waals surface area contributed by atoms with Gasteiger partial charge in [-0.15, -0.1) is 0 Å². The van der Waals surface area contributed by atoms with Crippen molar-refractivity contribution in [1.29, 1.82) is 0 Å². The van der Waals surface area contributed by atoms with Gasteiger partial charge >= 0.3 is 0 Å². The summed E-state index contributed by atoms with van der Waals surface area (Å²) in [7, 11) is 1.74. The number of aliphatic imine (C=N–C) groups is 1. The predicted molar refractivity (Wildman–Crippen MR) is 67.7 cm³/mol. The molecule has 0 spiro atoms. The van der Waals surface area contributed by atoms with Gasteiger partial charge in [0.25, 0.3) is 5.91 Å². The Bertz CT molecular complexity index is 577. The van der Waals surface area contributed by atoms with Crippen LogP contribution < -0.4 is 5.32 Å². The van der Waals surface area contributed by atoms with Crippen LogP contribution in [0.1, 0.15) is 0 Å². The number of para-hydroxylation sites is 2. The van der Waals surface area contributed by atoms with E-state index in [0.29, 0.717) is 17.4 Å². The molecular formula is C12H10ClN3O. The molecule has 86 valence electrons. The number of likely N-dealkylation sites (N-methyl/N-ethyl adjacent to an activating group) is 1. The molecule has 1 fully saturated rings. The Morgan fingerprint density at radius 3 is 3.00 bits per heavy atom. The lowest BCUT2D eigenvalue weighted by molar-refractivity contribution is -0.121. The molecule has 0 aromatic heterocycles. The SMILES string of the molecule is CN1CC2=C(Cl)Nc3ccccc3N=C2C1=O. The Balaban J connectivity index is 2.22. The van der Waals surface area contributed by atoms with Crippen molar-refractivity contribution in [2.24, 2.45) is 4.99 Å². The number of rotatable bonds is 0. The van der Waals surface area contributed by atoms with E-state index in [1.165, 1.54) is 0 Å². The van der Waals surface area contributed by atoms with Crippen LogP contribution in [0.2, 0.25) is 0 Å². The summed E-state index contributed by atoms with van der Waals surface area (Å²) in [5.74, 6) is -0.0864. The molecule has 0 unspecified atom stereocenters. The van der Waals surface area contributed by atoms with E-state index in [4.69, 9.17) is 11.6 Å². The lowest BCUT2D eigenvalue weighted by Gasteiger charge is -2.08. The molecule has 4 nitrogen and oxygen atoms in total. The molecule has 1 amide bonds. The predicted octanol–water partition coefficient (Wildman–Crippen LogP) is 2.11. The number of halogens is 1. The van der Waals surface area contributed by atoms with E-state index in [0.717, 1.165) is 16.9 Å². The van der Waals surface area contributed by atoms with Gasteiger partial charge in [0.1, 0.15) is 10.9 Å². The van der Waals surface area contributed by atoms with Gasteiger partial charge in [-0.2, -0.15) is 0 Å². The normalized spacial score (nSPS) is 18.4. The Labute approximate surface area is 104 Å². The van der Waals surface area contributed by atoms with Crippen molar-refractivity contribution in [2.45, 2.75) is 0 Å². The Morgan fingerprint density at radius 2 is 2.18 bits per heavy atom. The molecule has 3 rings (SSSR count). The van der Waals surface area contributed by atoms with Crippen LogP contribution in [-0.4, -0.2) is 30.1 Å². The Morgan fingerprint density at radius 1 is 1.41 bits per heavy atom. The van der Waals surface area contributed by atoms with Crippen molar-refractivity contribution in [3.63, 3.8) is 0 Å². The van der Waals surface area contributed by atoms with Crippen LogP contribution in [0.5, 0.6) is 0 Å². The molecule has 1 aromatic carbocycles. The summed E-state index contributed by atoms with van der Waals surface area (Å²) < 4.78 is 0. The fourth-order valence-electron chi connectivity index (χ4n) is 1.97. The number of hydrogen-bond acceptors (Lipinski definition) is 3. The number of fused-ring (bicyclic) bond motifs is 2. The Kier molecular flexibility index (Phi) is 2.19. The van der Waals surface area contributed by atoms with Crippen LogP contribution in [-0.2, 0) is 4.79 Å². The molecule has 5 heteroatoms. The van der Waals surface area contributed by atoms with Gasteiger partial charge < -0.3 is 10.2 Å². The van der Waals surface area contributed by atoms with Crippen LogP contribution in [0.4, 0.5) is 11.4 Å². The van der Waals surface area contributed by atoms with E-state index in [1.54, 1.807) is 11.9 Å². The third-order valence-electron chi connectivity index (χ3n) is 2.88. The molecule has 1 aromatic rings. The van der Waals surface area contributed by atoms with Crippen LogP contribution in [0.3, 0.4) is 0 Å². The number of benzene rings is 1. The number of likely N-dealkylation sites (tertiary alicyclic amines) is 1. The van der Waals surface area contributed by atoms with E-state index < -0.39 is 0 Å². The van der Waals surface area contributed by atoms with Gasteiger partial charge in [-0.1, -0.05) is 23.7 Å². The summed E-state index contributed by atoms with van der Waals surface area (Å²) in [5, 5.41) is 3.56. The molecule has 2 aliphatic heterocycles. The number of carbonyl (C=O) groups excluding carboxylic acids is 1. The fourth-order valence-corrected chi connectivity index (χ4v) is 2.22. The lowest BCUT2D eigenvalue weighted by atomic mass is 10.2. The van der Waals surface area contributed by atoms with Crippen molar-refractivity contribution in [2.75, 3.05) is 18.9 Å². The summed E-state index contributed by atoms with van der Waals surface area (Å²) in [4.78, 5) is 17.9. The molecule has 1 N–H and O–H groups in total. The van der Waals surface area contributed by atoms with E-state index in [-0.39, 0.29) is 5.91 Å². The van der Waals surface area contributed by atoms with Gasteiger partial charge in [0.05, 0.1) is 17.9 Å². The van der Waals surface area contributed by atoms with Gasteiger partial charge in [-0.25, -0.2) is 4.99 Å². The molecule has 0 atom stereocenters. The van der Waals surface area contributed by atoms with Crippen molar-refractivity contribution in [3.05, 3.63) is 35.0 Å². The molecule has 1 saturated heterocycles. The van der Waals surface area contributed by atoms with Gasteiger partial charge in [0.2, 0.25) is 0 Å². The number of nitrogens with zero attached hydrogens (tertiary/aromatic N) is 2. The summed E-state index contributed by atoms with van der Waals surface area (Å²) in [6, 6.07) is 7.52. The van der Waals surface area contributed by atoms with Gasteiger partial charge in [-0.3, -0.25) is 4.79 Å². The monoisotopic (exact) mass is 247 g/mol. The van der Waals surface area contributed by atoms with Crippen LogP contribution in [0, 0.1) is 0 Å². The smallest absolute Gasteiger partial charge is 0.272 e. The van der Waals surface area contributed by atoms with Gasteiger partial charge in [0.15, 0.2) is 0 Å². The highest BCUT2D eigenvalue weighted by molar-refractivity contribution is 6.51. The first kappa shape index (κ1) is 10.4. The highest BCUT2D eigenvalue weighted by atomic mass is 35.5. The Hall–Kier alpha value is -1.81. The zero-order valence-electron chi connectivity index (χ0n) is 9.20. The molecule has 2 aliphatic rings. The maximum absolute atomic E-state index is 11.9. The number of nitrogens with one attached hydrogen (secondary N) is 1. The summed E-state index contributed by atoms with van der Waals surface area (Å²) >= 11 is 6.19. The maximum atomic E-state index is 11.9. The maximum Gasteiger partial charge on any atom is 0.272 e. The zero-order chi connectivity index (χ0) is 12.0. The molecule has 0 radical (unpaired) electrons. The third-order valence-corrected chi connectivity index (χ3v) is 3.20. The molecule has 0 aliphatic carbocycles. The topological polar surface area (TPSA) is 44.7 Å². The molecule has 0 bridgehead atoms. The average molecular weight is 248 g/mol. The second kappa shape index (κ2) is 3.60. The summed E-state index contributed by atoms with van der Waals surface area (Å²) in [5.41, 5.74) is 2.76. The number of anilines is 1. The van der Waals surface area contributed by atoms with Gasteiger partial charge in [0, 0.05) is 12.6 Å². The van der Waals surface area contributed by atoms with Crippen molar-refractivity contribution in [3.8, 4) is 0 Å². The number of carbonyl (C=O) groups is 1. The molecule has 17 heavy (non-hydrogen) atoms. The van der Waals surface area contributed by atoms with E-state index in [1.807, 2.05) is 24.3 Å². The minimum absolute atomic E-state index is 0.0864. The van der Waals surface area contributed by atoms with Gasteiger partial charge in [-0.05, 0) is 12.1 Å². The quantitative estimate of drug-likeness (QED) is 0.714. The van der Waals surface area contributed by atoms with Crippen molar-refractivity contribution in [1.82, 2.24) is 4.90 Å². The molecule has 0 saturated carbocycles. The first-order valence-electron chi connectivity index (χ1n) is 5.26.